The highest BCUT2D eigenvalue weighted by Gasteiger charge is 2.56. The van der Waals surface area contributed by atoms with Crippen LogP contribution in [-0.2, 0) is 9.53 Å². The zero-order valence-corrected chi connectivity index (χ0v) is 16.8. The quantitative estimate of drug-likeness (QED) is 0.761. The van der Waals surface area contributed by atoms with Crippen molar-refractivity contribution in [2.75, 3.05) is 44.8 Å². The number of aryl methyl sites for hydroxylation is 1. The molecule has 1 aromatic rings. The number of nitrogens with one attached hydrogen (secondary N) is 1. The first kappa shape index (κ1) is 19.2. The summed E-state index contributed by atoms with van der Waals surface area (Å²) in [6, 6.07) is 7.66. The Morgan fingerprint density at radius 2 is 2.00 bits per heavy atom. The number of ether oxygens (including phenoxy) is 1. The first-order valence-electron chi connectivity index (χ1n) is 10.0. The van der Waals surface area contributed by atoms with Gasteiger partial charge in [0.25, 0.3) is 5.91 Å². The fraction of sp³-hybridized carbons (Fsp3) is 0.600. The lowest BCUT2D eigenvalue weighted by Gasteiger charge is -2.44. The smallest absolute Gasteiger partial charge is 0.327 e. The van der Waals surface area contributed by atoms with Crippen LogP contribution in [0.1, 0.15) is 18.9 Å². The Morgan fingerprint density at radius 3 is 2.75 bits per heavy atom. The molecule has 0 radical (unpaired) electrons. The number of para-hydroxylation sites is 1. The van der Waals surface area contributed by atoms with E-state index in [1.807, 2.05) is 19.1 Å². The molecule has 28 heavy (non-hydrogen) atoms. The molecule has 8 nitrogen and oxygen atoms in total. The van der Waals surface area contributed by atoms with Crippen LogP contribution in [0.15, 0.2) is 24.3 Å². The Morgan fingerprint density at radius 1 is 1.21 bits per heavy atom. The number of rotatable bonds is 5. The minimum absolute atomic E-state index is 0.101. The summed E-state index contributed by atoms with van der Waals surface area (Å²) in [7, 11) is 1.77. The largest absolute Gasteiger partial charge is 0.380 e. The molecule has 0 aliphatic carbocycles. The number of imide groups is 1. The summed E-state index contributed by atoms with van der Waals surface area (Å²) >= 11 is 0. The molecule has 8 heteroatoms. The first-order valence-corrected chi connectivity index (χ1v) is 10.0. The Balaban J connectivity index is 1.60. The average Bonchev–Trinajstić information content (AvgIpc) is 3.09. The van der Waals surface area contributed by atoms with Crippen LogP contribution < -0.4 is 10.2 Å². The molecule has 0 bridgehead atoms. The van der Waals surface area contributed by atoms with Crippen molar-refractivity contribution in [3.63, 3.8) is 0 Å². The highest BCUT2D eigenvalue weighted by atomic mass is 16.5. The Labute approximate surface area is 166 Å². The van der Waals surface area contributed by atoms with Crippen LogP contribution in [0.5, 0.6) is 0 Å². The highest BCUT2D eigenvalue weighted by Crippen LogP contribution is 2.33. The van der Waals surface area contributed by atoms with Crippen molar-refractivity contribution in [2.24, 2.45) is 0 Å². The summed E-state index contributed by atoms with van der Waals surface area (Å²) in [6.45, 7) is 6.98. The van der Waals surface area contributed by atoms with Crippen molar-refractivity contribution in [1.82, 2.24) is 20.0 Å². The Kier molecular flexibility index (Phi) is 5.27. The zero-order valence-electron chi connectivity index (χ0n) is 16.8. The van der Waals surface area contributed by atoms with Gasteiger partial charge >= 0.3 is 6.03 Å². The molecule has 152 valence electrons. The van der Waals surface area contributed by atoms with Gasteiger partial charge in [-0.2, -0.15) is 0 Å². The fourth-order valence-corrected chi connectivity index (χ4v) is 4.56. The van der Waals surface area contributed by atoms with E-state index in [2.05, 4.69) is 34.2 Å². The molecule has 3 unspecified atom stereocenters. The maximum Gasteiger partial charge on any atom is 0.327 e. The summed E-state index contributed by atoms with van der Waals surface area (Å²) < 4.78 is 5.37. The third-order valence-corrected chi connectivity index (χ3v) is 5.96. The van der Waals surface area contributed by atoms with Crippen molar-refractivity contribution in [1.29, 1.82) is 0 Å². The molecule has 3 atom stereocenters. The van der Waals surface area contributed by atoms with Gasteiger partial charge in [-0.05, 0) is 31.9 Å². The maximum atomic E-state index is 13.2. The van der Waals surface area contributed by atoms with E-state index in [1.54, 1.807) is 11.9 Å². The van der Waals surface area contributed by atoms with Gasteiger partial charge in [0.05, 0.1) is 13.2 Å². The highest BCUT2D eigenvalue weighted by molar-refractivity contribution is 6.00. The normalized spacial score (nSPS) is 28.0. The molecule has 3 heterocycles. The predicted molar refractivity (Wildman–Crippen MR) is 106 cm³/mol. The van der Waals surface area contributed by atoms with Crippen molar-refractivity contribution >= 4 is 17.6 Å². The van der Waals surface area contributed by atoms with E-state index in [0.29, 0.717) is 19.8 Å². The lowest BCUT2D eigenvalue weighted by atomic mass is 10.1. The van der Waals surface area contributed by atoms with E-state index in [0.717, 1.165) is 25.2 Å². The second kappa shape index (κ2) is 7.69. The van der Waals surface area contributed by atoms with Crippen LogP contribution in [0.3, 0.4) is 0 Å². The van der Waals surface area contributed by atoms with Gasteiger partial charge in [-0.25, -0.2) is 4.79 Å². The summed E-state index contributed by atoms with van der Waals surface area (Å²) in [4.78, 5) is 33.6. The molecule has 3 fully saturated rings. The van der Waals surface area contributed by atoms with Crippen LogP contribution in [0.4, 0.5) is 10.5 Å². The molecule has 0 saturated carbocycles. The average molecular weight is 387 g/mol. The van der Waals surface area contributed by atoms with Crippen LogP contribution in [0.25, 0.3) is 0 Å². The Bertz CT molecular complexity index is 757. The number of urea groups is 1. The number of fused-ring (bicyclic) bond motifs is 3. The SMILES string of the molecule is CCOCCN1C(=O)C2C(NC3N(c4ccccc4C)CCCN23)N(C)C1=O. The van der Waals surface area contributed by atoms with Crippen molar-refractivity contribution < 1.29 is 14.3 Å². The number of nitrogens with zero attached hydrogens (tertiary/aromatic N) is 4. The van der Waals surface area contributed by atoms with Crippen molar-refractivity contribution in [3.05, 3.63) is 29.8 Å². The number of amides is 3. The van der Waals surface area contributed by atoms with Gasteiger partial charge in [0.2, 0.25) is 0 Å². The minimum atomic E-state index is -0.374. The molecule has 1 aromatic carbocycles. The summed E-state index contributed by atoms with van der Waals surface area (Å²) in [5, 5.41) is 3.55. The molecule has 1 N–H and O–H groups in total. The second-order valence-corrected chi connectivity index (χ2v) is 7.58. The number of hydrogen-bond donors (Lipinski definition) is 1. The van der Waals surface area contributed by atoms with E-state index in [-0.39, 0.29) is 30.4 Å². The Hall–Kier alpha value is -2.16. The van der Waals surface area contributed by atoms with Crippen LogP contribution in [0, 0.1) is 6.92 Å². The molecule has 3 aliphatic heterocycles. The number of likely N-dealkylation sites (N-methyl/N-ethyl adjacent to an activating group) is 1. The lowest BCUT2D eigenvalue weighted by molar-refractivity contribution is -0.139. The molecular formula is C20H29N5O3. The van der Waals surface area contributed by atoms with Gasteiger partial charge in [-0.15, -0.1) is 0 Å². The number of hydrogen-bond acceptors (Lipinski definition) is 6. The summed E-state index contributed by atoms with van der Waals surface area (Å²) in [6.07, 6.45) is 0.549. The predicted octanol–water partition coefficient (Wildman–Crippen LogP) is 1.02. The van der Waals surface area contributed by atoms with Gasteiger partial charge in [-0.3, -0.25) is 19.9 Å². The maximum absolute atomic E-state index is 13.2. The van der Waals surface area contributed by atoms with E-state index in [9.17, 15) is 9.59 Å². The van der Waals surface area contributed by atoms with E-state index in [1.165, 1.54) is 10.5 Å². The third kappa shape index (κ3) is 3.05. The van der Waals surface area contributed by atoms with E-state index in [4.69, 9.17) is 4.74 Å². The molecule has 3 saturated heterocycles. The van der Waals surface area contributed by atoms with Gasteiger partial charge in [0.15, 0.2) is 0 Å². The molecular weight excluding hydrogens is 358 g/mol. The van der Waals surface area contributed by atoms with Gasteiger partial charge in [-0.1, -0.05) is 18.2 Å². The van der Waals surface area contributed by atoms with E-state index < -0.39 is 0 Å². The van der Waals surface area contributed by atoms with Crippen molar-refractivity contribution in [3.8, 4) is 0 Å². The number of carbonyl (C=O) groups excluding carboxylic acids is 2. The van der Waals surface area contributed by atoms with Gasteiger partial charge in [0, 0.05) is 32.4 Å². The fourth-order valence-electron chi connectivity index (χ4n) is 4.56. The van der Waals surface area contributed by atoms with Crippen LogP contribution >= 0.6 is 0 Å². The van der Waals surface area contributed by atoms with Crippen LogP contribution in [0.2, 0.25) is 0 Å². The number of benzene rings is 1. The zero-order chi connectivity index (χ0) is 19.8. The molecule has 0 spiro atoms. The molecule has 3 amide bonds. The van der Waals surface area contributed by atoms with Crippen LogP contribution in [-0.4, -0.2) is 85.0 Å². The number of anilines is 1. The summed E-state index contributed by atoms with van der Waals surface area (Å²) in [5.74, 6) is -0.130. The van der Waals surface area contributed by atoms with Gasteiger partial charge < -0.3 is 14.5 Å². The van der Waals surface area contributed by atoms with E-state index >= 15 is 0 Å². The third-order valence-electron chi connectivity index (χ3n) is 5.96. The van der Waals surface area contributed by atoms with Crippen molar-refractivity contribution in [2.45, 2.75) is 38.8 Å². The first-order chi connectivity index (χ1) is 13.5. The molecule has 4 rings (SSSR count). The number of carbonyl (C=O) groups is 2. The topological polar surface area (TPSA) is 68.4 Å². The standard InChI is InChI=1S/C20H29N5O3/c1-4-28-13-12-25-18(26)16-17(22(3)20(25)27)21-19-23(10-7-11-24(16)19)15-9-6-5-8-14(15)2/h5-6,8-9,16-17,19,21H,4,7,10-13H2,1-3H3. The summed E-state index contributed by atoms with van der Waals surface area (Å²) in [5.41, 5.74) is 2.37. The lowest BCUT2D eigenvalue weighted by Crippen LogP contribution is -2.66. The minimum Gasteiger partial charge on any atom is -0.380 e. The monoisotopic (exact) mass is 387 g/mol. The second-order valence-electron chi connectivity index (χ2n) is 7.58. The molecule has 3 aliphatic rings. The molecule has 0 aromatic heterocycles. The van der Waals surface area contributed by atoms with Gasteiger partial charge in [0.1, 0.15) is 18.5 Å².